The molecule has 1 aromatic rings. The average molecular weight is 223 g/mol. The van der Waals surface area contributed by atoms with Gasteiger partial charge in [0.1, 0.15) is 0 Å². The third-order valence-corrected chi connectivity index (χ3v) is 2.04. The van der Waals surface area contributed by atoms with Gasteiger partial charge >= 0.3 is 0 Å². The van der Waals surface area contributed by atoms with E-state index >= 15 is 0 Å². The highest BCUT2D eigenvalue weighted by atomic mass is 35.5. The quantitative estimate of drug-likeness (QED) is 0.720. The Hall–Kier alpha value is -0.800. The first kappa shape index (κ1) is 10.3. The Bertz CT molecular complexity index is 352. The summed E-state index contributed by atoms with van der Waals surface area (Å²) in [5.74, 6) is -0.803. The first-order valence-electron chi connectivity index (χ1n) is 3.29. The van der Waals surface area contributed by atoms with E-state index in [0.29, 0.717) is 0 Å². The number of carbonyl (C=O) groups excluding carboxylic acids is 1. The van der Waals surface area contributed by atoms with Crippen molar-refractivity contribution >= 4 is 28.4 Å². The molecule has 0 unspecified atom stereocenters. The lowest BCUT2D eigenvalue weighted by Crippen LogP contribution is -1.96. The summed E-state index contributed by atoms with van der Waals surface area (Å²) in [6.07, 6.45) is 0. The fourth-order valence-corrected chi connectivity index (χ4v) is 1.39. The summed E-state index contributed by atoms with van der Waals surface area (Å²) in [6, 6.07) is 2.27. The van der Waals surface area contributed by atoms with E-state index in [1.165, 1.54) is 13.2 Å². The number of benzene rings is 1. The Morgan fingerprint density at radius 2 is 2.15 bits per heavy atom. The van der Waals surface area contributed by atoms with Crippen molar-refractivity contribution in [1.82, 2.24) is 0 Å². The maximum atomic E-state index is 12.9. The molecule has 2 nitrogen and oxygen atoms in total. The average Bonchev–Trinajstić information content (AvgIpc) is 2.04. The highest BCUT2D eigenvalue weighted by Crippen LogP contribution is 2.31. The molecule has 0 saturated heterocycles. The molecule has 0 saturated carbocycles. The zero-order valence-corrected chi connectivity index (χ0v) is 8.12. The van der Waals surface area contributed by atoms with Gasteiger partial charge in [-0.2, -0.15) is 0 Å². The molecule has 0 heterocycles. The predicted octanol–water partition coefficient (Wildman–Crippen LogP) is 2.87. The minimum atomic E-state index is -0.747. The molecule has 0 aliphatic carbocycles. The largest absolute Gasteiger partial charge is 0.492 e. The normalized spacial score (nSPS) is 9.85. The number of rotatable bonds is 2. The first-order valence-corrected chi connectivity index (χ1v) is 4.05. The van der Waals surface area contributed by atoms with Gasteiger partial charge in [-0.05, 0) is 23.7 Å². The van der Waals surface area contributed by atoms with Crippen LogP contribution in [-0.2, 0) is 0 Å². The van der Waals surface area contributed by atoms with E-state index in [1.807, 2.05) is 0 Å². The van der Waals surface area contributed by atoms with E-state index < -0.39 is 11.1 Å². The summed E-state index contributed by atoms with van der Waals surface area (Å²) in [4.78, 5) is 10.7. The molecule has 0 fully saturated rings. The van der Waals surface area contributed by atoms with Gasteiger partial charge in [0.25, 0.3) is 5.24 Å². The van der Waals surface area contributed by atoms with Crippen molar-refractivity contribution in [2.75, 3.05) is 7.11 Å². The fourth-order valence-electron chi connectivity index (χ4n) is 0.871. The summed E-state index contributed by atoms with van der Waals surface area (Å²) < 4.78 is 17.6. The lowest BCUT2D eigenvalue weighted by Gasteiger charge is -2.06. The lowest BCUT2D eigenvalue weighted by atomic mass is 10.2. The van der Waals surface area contributed by atoms with Gasteiger partial charge in [0.05, 0.1) is 17.7 Å². The fraction of sp³-hybridized carbons (Fsp3) is 0.125. The van der Waals surface area contributed by atoms with Gasteiger partial charge in [-0.25, -0.2) is 4.39 Å². The zero-order chi connectivity index (χ0) is 10.0. The predicted molar refractivity (Wildman–Crippen MR) is 48.1 cm³/mol. The van der Waals surface area contributed by atoms with Gasteiger partial charge in [0.2, 0.25) is 0 Å². The number of ether oxygens (including phenoxy) is 1. The molecule has 0 amide bonds. The SMILES string of the molecule is COc1c(F)ccc(C(=O)Cl)c1Cl. The topological polar surface area (TPSA) is 26.3 Å². The molecule has 0 bridgehead atoms. The van der Waals surface area contributed by atoms with Crippen molar-refractivity contribution in [3.8, 4) is 5.75 Å². The highest BCUT2D eigenvalue weighted by molar-refractivity contribution is 6.68. The van der Waals surface area contributed by atoms with E-state index in [-0.39, 0.29) is 16.3 Å². The van der Waals surface area contributed by atoms with Crippen LogP contribution in [-0.4, -0.2) is 12.4 Å². The molecule has 0 N–H and O–H groups in total. The number of methoxy groups -OCH3 is 1. The molecule has 70 valence electrons. The van der Waals surface area contributed by atoms with Crippen LogP contribution in [0.2, 0.25) is 5.02 Å². The standard InChI is InChI=1S/C8H5Cl2FO2/c1-13-7-5(11)3-2-4(6(7)9)8(10)12/h2-3H,1H3. The second-order valence-electron chi connectivity index (χ2n) is 2.22. The summed E-state index contributed by atoms with van der Waals surface area (Å²) >= 11 is 10.8. The number of carbonyl (C=O) groups is 1. The number of hydrogen-bond donors (Lipinski definition) is 0. The van der Waals surface area contributed by atoms with E-state index in [4.69, 9.17) is 23.2 Å². The van der Waals surface area contributed by atoms with Crippen LogP contribution in [0, 0.1) is 5.82 Å². The second-order valence-corrected chi connectivity index (χ2v) is 2.94. The van der Waals surface area contributed by atoms with Crippen LogP contribution >= 0.6 is 23.2 Å². The summed E-state index contributed by atoms with van der Waals surface area (Å²) in [5.41, 5.74) is 0.0292. The van der Waals surface area contributed by atoms with Crippen molar-refractivity contribution < 1.29 is 13.9 Å². The Morgan fingerprint density at radius 3 is 2.62 bits per heavy atom. The van der Waals surface area contributed by atoms with Crippen LogP contribution < -0.4 is 4.74 Å². The molecular weight excluding hydrogens is 218 g/mol. The van der Waals surface area contributed by atoms with E-state index in [9.17, 15) is 9.18 Å². The first-order chi connectivity index (χ1) is 6.07. The van der Waals surface area contributed by atoms with Gasteiger partial charge in [-0.15, -0.1) is 0 Å². The highest BCUT2D eigenvalue weighted by Gasteiger charge is 2.15. The maximum absolute atomic E-state index is 12.9. The van der Waals surface area contributed by atoms with Crippen molar-refractivity contribution in [2.24, 2.45) is 0 Å². The van der Waals surface area contributed by atoms with Crippen molar-refractivity contribution in [3.63, 3.8) is 0 Å². The van der Waals surface area contributed by atoms with Crippen molar-refractivity contribution in [3.05, 3.63) is 28.5 Å². The molecule has 0 aliphatic heterocycles. The van der Waals surface area contributed by atoms with Gasteiger partial charge < -0.3 is 4.74 Å². The molecule has 5 heteroatoms. The van der Waals surface area contributed by atoms with Crippen LogP contribution in [0.25, 0.3) is 0 Å². The van der Waals surface area contributed by atoms with E-state index in [2.05, 4.69) is 4.74 Å². The minimum Gasteiger partial charge on any atom is -0.492 e. The molecule has 0 atom stereocenters. The van der Waals surface area contributed by atoms with Crippen LogP contribution in [0.15, 0.2) is 12.1 Å². The molecule has 0 aromatic heterocycles. The second kappa shape index (κ2) is 3.94. The van der Waals surface area contributed by atoms with Crippen LogP contribution in [0.1, 0.15) is 10.4 Å². The monoisotopic (exact) mass is 222 g/mol. The van der Waals surface area contributed by atoms with E-state index in [0.717, 1.165) is 6.07 Å². The van der Waals surface area contributed by atoms with Gasteiger partial charge in [-0.3, -0.25) is 4.79 Å². The molecule has 0 spiro atoms. The third-order valence-electron chi connectivity index (χ3n) is 1.46. The molecule has 13 heavy (non-hydrogen) atoms. The smallest absolute Gasteiger partial charge is 0.254 e. The van der Waals surface area contributed by atoms with Crippen LogP contribution in [0.4, 0.5) is 4.39 Å². The number of halogens is 3. The zero-order valence-electron chi connectivity index (χ0n) is 6.61. The van der Waals surface area contributed by atoms with Crippen molar-refractivity contribution in [2.45, 2.75) is 0 Å². The molecule has 0 aliphatic rings. The lowest BCUT2D eigenvalue weighted by molar-refractivity contribution is 0.108. The van der Waals surface area contributed by atoms with Crippen LogP contribution in [0.3, 0.4) is 0 Å². The Morgan fingerprint density at radius 1 is 1.54 bits per heavy atom. The van der Waals surface area contributed by atoms with Crippen LogP contribution in [0.5, 0.6) is 5.75 Å². The Labute approximate surface area is 84.2 Å². The summed E-state index contributed by atoms with van der Waals surface area (Å²) in [7, 11) is 1.26. The van der Waals surface area contributed by atoms with Gasteiger partial charge in [0, 0.05) is 0 Å². The maximum Gasteiger partial charge on any atom is 0.254 e. The van der Waals surface area contributed by atoms with Gasteiger partial charge in [0.15, 0.2) is 11.6 Å². The molecule has 0 radical (unpaired) electrons. The Balaban J connectivity index is 3.35. The Kier molecular flexibility index (Phi) is 3.12. The van der Waals surface area contributed by atoms with E-state index in [1.54, 1.807) is 0 Å². The number of hydrogen-bond acceptors (Lipinski definition) is 2. The molecule has 1 rings (SSSR count). The molecule has 1 aromatic carbocycles. The summed E-state index contributed by atoms with van der Waals surface area (Å²) in [6.45, 7) is 0. The molecular formula is C8H5Cl2FO2. The minimum absolute atomic E-state index is 0.0292. The third kappa shape index (κ3) is 1.92. The van der Waals surface area contributed by atoms with Crippen molar-refractivity contribution in [1.29, 1.82) is 0 Å². The van der Waals surface area contributed by atoms with Gasteiger partial charge in [-0.1, -0.05) is 11.6 Å². The summed E-state index contributed by atoms with van der Waals surface area (Å²) in [5, 5.41) is -0.856.